The van der Waals surface area contributed by atoms with Crippen LogP contribution in [0.3, 0.4) is 0 Å². The van der Waals surface area contributed by atoms with Gasteiger partial charge < -0.3 is 4.74 Å². The molecule has 2 fully saturated rings. The lowest BCUT2D eigenvalue weighted by Crippen LogP contribution is -2.47. The van der Waals surface area contributed by atoms with Crippen molar-refractivity contribution in [2.75, 3.05) is 19.6 Å². The van der Waals surface area contributed by atoms with Gasteiger partial charge in [-0.15, -0.1) is 0 Å². The topological polar surface area (TPSA) is 24.5 Å². The number of rotatable bonds is 3. The molecule has 1 N–H and O–H groups in total. The zero-order valence-electron chi connectivity index (χ0n) is 15.7. The summed E-state index contributed by atoms with van der Waals surface area (Å²) in [5.41, 5.74) is 0.305. The minimum Gasteiger partial charge on any atom is -0.358 e. The summed E-state index contributed by atoms with van der Waals surface area (Å²) in [5, 5.41) is 3.62. The van der Waals surface area contributed by atoms with Crippen molar-refractivity contribution in [3.8, 4) is 0 Å². The number of hydrogen-bond donors (Lipinski definition) is 1. The first-order valence-corrected chi connectivity index (χ1v) is 9.30. The molecule has 2 unspecified atom stereocenters. The number of nitrogens with zero attached hydrogens (tertiary/aromatic N) is 1. The van der Waals surface area contributed by atoms with Crippen LogP contribution < -0.4 is 5.32 Å². The van der Waals surface area contributed by atoms with Crippen LogP contribution in [0.15, 0.2) is 0 Å². The van der Waals surface area contributed by atoms with Crippen LogP contribution in [0.25, 0.3) is 0 Å². The third-order valence-corrected chi connectivity index (χ3v) is 5.20. The van der Waals surface area contributed by atoms with E-state index in [0.29, 0.717) is 5.54 Å². The van der Waals surface area contributed by atoms with Gasteiger partial charge in [0.05, 0.1) is 5.60 Å². The molecule has 0 amide bonds. The number of ether oxygens (including phenoxy) is 1. The molecule has 0 aromatic heterocycles. The highest BCUT2D eigenvalue weighted by Crippen LogP contribution is 2.31. The van der Waals surface area contributed by atoms with Gasteiger partial charge in [0.25, 0.3) is 0 Å². The van der Waals surface area contributed by atoms with Gasteiger partial charge >= 0.3 is 0 Å². The highest BCUT2D eigenvalue weighted by atomic mass is 16.5. The van der Waals surface area contributed by atoms with Crippen molar-refractivity contribution >= 4 is 0 Å². The second-order valence-electron chi connectivity index (χ2n) is 9.41. The van der Waals surface area contributed by atoms with Gasteiger partial charge in [0.2, 0.25) is 0 Å². The molecule has 0 saturated carbocycles. The lowest BCUT2D eigenvalue weighted by Gasteiger charge is -2.42. The van der Waals surface area contributed by atoms with Crippen LogP contribution in [-0.4, -0.2) is 41.9 Å². The van der Waals surface area contributed by atoms with Gasteiger partial charge in [-0.1, -0.05) is 0 Å². The highest BCUT2D eigenvalue weighted by Gasteiger charge is 2.30. The zero-order chi connectivity index (χ0) is 16.4. The van der Waals surface area contributed by atoms with Crippen LogP contribution in [0, 0.1) is 11.8 Å². The maximum atomic E-state index is 6.05. The van der Waals surface area contributed by atoms with Crippen molar-refractivity contribution < 1.29 is 4.74 Å². The maximum Gasteiger partial charge on any atom is 0.108 e. The summed E-state index contributed by atoms with van der Waals surface area (Å²) < 4.78 is 6.05. The summed E-state index contributed by atoms with van der Waals surface area (Å²) in [6.07, 6.45) is 6.94. The largest absolute Gasteiger partial charge is 0.358 e. The molecule has 0 aromatic rings. The van der Waals surface area contributed by atoms with E-state index in [2.05, 4.69) is 51.8 Å². The number of likely N-dealkylation sites (tertiary alicyclic amines) is 1. The lowest BCUT2D eigenvalue weighted by atomic mass is 9.83. The van der Waals surface area contributed by atoms with Crippen molar-refractivity contribution in [1.82, 2.24) is 10.2 Å². The molecule has 2 heterocycles. The van der Waals surface area contributed by atoms with Crippen LogP contribution in [0.4, 0.5) is 0 Å². The Bertz CT molecular complexity index is 326. The Balaban J connectivity index is 1.67. The average Bonchev–Trinajstić information content (AvgIpc) is 2.39. The Labute approximate surface area is 138 Å². The predicted molar refractivity (Wildman–Crippen MR) is 94.0 cm³/mol. The molecule has 0 bridgehead atoms. The fourth-order valence-corrected chi connectivity index (χ4v) is 3.93. The fourth-order valence-electron chi connectivity index (χ4n) is 3.93. The van der Waals surface area contributed by atoms with E-state index in [1.54, 1.807) is 0 Å². The molecule has 0 aromatic carbocycles. The Morgan fingerprint density at radius 2 is 1.55 bits per heavy atom. The summed E-state index contributed by atoms with van der Waals surface area (Å²) in [7, 11) is 0. The minimum atomic E-state index is -0.0374. The van der Waals surface area contributed by atoms with E-state index in [9.17, 15) is 0 Å². The first-order chi connectivity index (χ1) is 10.1. The van der Waals surface area contributed by atoms with Crippen LogP contribution >= 0.6 is 0 Å². The lowest BCUT2D eigenvalue weighted by molar-refractivity contribution is -0.0904. The van der Waals surface area contributed by atoms with Crippen molar-refractivity contribution in [3.63, 3.8) is 0 Å². The SMILES string of the molecule is CC(C)(C)OC1CCC(CC2CCN(C(C)(C)C)CC2)CN1. The summed E-state index contributed by atoms with van der Waals surface area (Å²) in [6, 6.07) is 0. The third-order valence-electron chi connectivity index (χ3n) is 5.20. The minimum absolute atomic E-state index is 0.0374. The molecule has 0 spiro atoms. The summed E-state index contributed by atoms with van der Waals surface area (Å²) in [5.74, 6) is 1.79. The van der Waals surface area contributed by atoms with Gasteiger partial charge in [0, 0.05) is 12.1 Å². The predicted octanol–water partition coefficient (Wildman–Crippen LogP) is 4.03. The van der Waals surface area contributed by atoms with E-state index in [4.69, 9.17) is 4.74 Å². The van der Waals surface area contributed by atoms with Crippen molar-refractivity contribution in [2.24, 2.45) is 11.8 Å². The number of hydrogen-bond acceptors (Lipinski definition) is 3. The Morgan fingerprint density at radius 3 is 2.00 bits per heavy atom. The molecule has 2 saturated heterocycles. The third kappa shape index (κ3) is 5.82. The first-order valence-electron chi connectivity index (χ1n) is 9.30. The monoisotopic (exact) mass is 310 g/mol. The number of piperidine rings is 2. The average molecular weight is 311 g/mol. The van der Waals surface area contributed by atoms with Crippen LogP contribution in [0.2, 0.25) is 0 Å². The van der Waals surface area contributed by atoms with Crippen LogP contribution in [0.1, 0.15) is 73.6 Å². The summed E-state index contributed by atoms with van der Waals surface area (Å²) in [4.78, 5) is 2.65. The van der Waals surface area contributed by atoms with Gasteiger partial charge in [0.15, 0.2) is 0 Å². The molecular formula is C19H38N2O. The van der Waals surface area contributed by atoms with E-state index >= 15 is 0 Å². The second-order valence-corrected chi connectivity index (χ2v) is 9.41. The fraction of sp³-hybridized carbons (Fsp3) is 1.00. The Morgan fingerprint density at radius 1 is 0.909 bits per heavy atom. The van der Waals surface area contributed by atoms with Gasteiger partial charge in [0.1, 0.15) is 6.23 Å². The molecule has 2 rings (SSSR count). The zero-order valence-corrected chi connectivity index (χ0v) is 15.7. The van der Waals surface area contributed by atoms with Gasteiger partial charge in [-0.25, -0.2) is 0 Å². The van der Waals surface area contributed by atoms with Crippen molar-refractivity contribution in [3.05, 3.63) is 0 Å². The Kier molecular flexibility index (Phi) is 5.95. The molecule has 22 heavy (non-hydrogen) atoms. The van der Waals surface area contributed by atoms with E-state index < -0.39 is 0 Å². The molecule has 2 aliphatic heterocycles. The van der Waals surface area contributed by atoms with Crippen LogP contribution in [-0.2, 0) is 4.74 Å². The first kappa shape index (κ1) is 18.2. The summed E-state index contributed by atoms with van der Waals surface area (Å²) in [6.45, 7) is 17.2. The molecular weight excluding hydrogens is 272 g/mol. The smallest absolute Gasteiger partial charge is 0.108 e. The molecule has 2 atom stereocenters. The standard InChI is InChI=1S/C19H38N2O/c1-18(2,3)21-11-9-15(10-12-21)13-16-7-8-17(20-14-16)22-19(4,5)6/h15-17,20H,7-14H2,1-6H3. The van der Waals surface area contributed by atoms with E-state index in [-0.39, 0.29) is 11.8 Å². The van der Waals surface area contributed by atoms with E-state index in [1.165, 1.54) is 45.2 Å². The van der Waals surface area contributed by atoms with Crippen LogP contribution in [0.5, 0.6) is 0 Å². The molecule has 0 aliphatic carbocycles. The molecule has 3 heteroatoms. The quantitative estimate of drug-likeness (QED) is 0.852. The maximum absolute atomic E-state index is 6.05. The summed E-state index contributed by atoms with van der Waals surface area (Å²) >= 11 is 0. The number of nitrogens with one attached hydrogen (secondary N) is 1. The molecule has 130 valence electrons. The highest BCUT2D eigenvalue weighted by molar-refractivity contribution is 4.84. The molecule has 3 nitrogen and oxygen atoms in total. The molecule has 2 aliphatic rings. The van der Waals surface area contributed by atoms with Crippen molar-refractivity contribution in [2.45, 2.75) is 91.0 Å². The van der Waals surface area contributed by atoms with Gasteiger partial charge in [-0.3, -0.25) is 10.2 Å². The second kappa shape index (κ2) is 7.19. The van der Waals surface area contributed by atoms with Gasteiger partial charge in [-0.2, -0.15) is 0 Å². The van der Waals surface area contributed by atoms with Crippen molar-refractivity contribution in [1.29, 1.82) is 0 Å². The normalized spacial score (nSPS) is 29.7. The van der Waals surface area contributed by atoms with E-state index in [1.807, 2.05) is 0 Å². The molecule has 0 radical (unpaired) electrons. The van der Waals surface area contributed by atoms with Gasteiger partial charge in [-0.05, 0) is 98.6 Å². The Hall–Kier alpha value is -0.120. The van der Waals surface area contributed by atoms with E-state index in [0.717, 1.165) is 18.4 Å².